The second-order valence-corrected chi connectivity index (χ2v) is 18.1. The summed E-state index contributed by atoms with van der Waals surface area (Å²) >= 11 is 0. The van der Waals surface area contributed by atoms with Gasteiger partial charge in [-0.05, 0) is 35.4 Å². The van der Waals surface area contributed by atoms with E-state index in [9.17, 15) is 38.4 Å². The molecule has 4 aliphatic carbocycles. The number of hydrogen-bond donors (Lipinski definition) is 4. The molecule has 12 nitrogen and oxygen atoms in total. The Morgan fingerprint density at radius 1 is 0.276 bits per heavy atom. The van der Waals surface area contributed by atoms with Crippen molar-refractivity contribution < 1.29 is 38.4 Å². The first kappa shape index (κ1) is 52.6. The van der Waals surface area contributed by atoms with E-state index in [0.29, 0.717) is 67.0 Å². The summed E-state index contributed by atoms with van der Waals surface area (Å²) in [5.74, 6) is -2.26. The fraction of sp³-hybridized carbons (Fsp3) is 0.125. The van der Waals surface area contributed by atoms with Crippen LogP contribution in [0.1, 0.15) is 175 Å². The molecule has 0 bridgehead atoms. The van der Waals surface area contributed by atoms with E-state index in [1.54, 1.807) is 158 Å². The third-order valence-electron chi connectivity index (χ3n) is 13.0. The van der Waals surface area contributed by atoms with E-state index >= 15 is 0 Å². The summed E-state index contributed by atoms with van der Waals surface area (Å²) < 4.78 is 0. The Bertz CT molecular complexity index is 3530. The predicted molar refractivity (Wildman–Crippen MR) is 298 cm³/mol. The number of carbonyl (C=O) groups excluding carboxylic acids is 8. The van der Waals surface area contributed by atoms with Crippen LogP contribution in [0, 0.1) is 0 Å². The van der Waals surface area contributed by atoms with Crippen molar-refractivity contribution in [2.75, 3.05) is 28.8 Å². The Morgan fingerprint density at radius 3 is 0.803 bits per heavy atom. The lowest BCUT2D eigenvalue weighted by atomic mass is 9.76. The molecule has 12 rings (SSSR count). The number of ketones is 8. The molecule has 4 aliphatic rings. The average molecular weight is 1010 g/mol. The van der Waals surface area contributed by atoms with Gasteiger partial charge in [-0.15, -0.1) is 0 Å². The van der Waals surface area contributed by atoms with Crippen LogP contribution in [0.25, 0.3) is 11.1 Å². The van der Waals surface area contributed by atoms with Gasteiger partial charge in [0.05, 0.1) is 28.9 Å². The molecule has 8 aromatic rings. The number of nitrogens with one attached hydrogen (secondary N) is 2. The van der Waals surface area contributed by atoms with Gasteiger partial charge in [-0.1, -0.05) is 181 Å². The number of benzene rings is 8. The van der Waals surface area contributed by atoms with Crippen molar-refractivity contribution in [1.29, 1.82) is 0 Å². The maximum absolute atomic E-state index is 13.6. The highest BCUT2D eigenvalue weighted by Gasteiger charge is 2.38. The summed E-state index contributed by atoms with van der Waals surface area (Å²) in [5.41, 5.74) is 18.9. The van der Waals surface area contributed by atoms with Crippen LogP contribution in [0.4, 0.5) is 22.7 Å². The number of fused-ring (bicyclic) bond motifs is 8. The Morgan fingerprint density at radius 2 is 0.513 bits per heavy atom. The van der Waals surface area contributed by atoms with Crippen molar-refractivity contribution in [3.05, 3.63) is 247 Å². The molecule has 0 fully saturated rings. The third kappa shape index (κ3) is 8.89. The van der Waals surface area contributed by atoms with Gasteiger partial charge in [0, 0.05) is 89.5 Å². The van der Waals surface area contributed by atoms with E-state index in [4.69, 9.17) is 11.5 Å². The summed E-state index contributed by atoms with van der Waals surface area (Å²) in [6, 6.07) is 43.2. The van der Waals surface area contributed by atoms with Crippen molar-refractivity contribution in [1.82, 2.24) is 0 Å². The molecule has 0 heterocycles. The van der Waals surface area contributed by atoms with E-state index in [-0.39, 0.29) is 116 Å². The van der Waals surface area contributed by atoms with E-state index < -0.39 is 0 Å². The molecule has 0 aromatic heterocycles. The second kappa shape index (κ2) is 21.8. The highest BCUT2D eigenvalue weighted by molar-refractivity contribution is 6.35. The predicted octanol–water partition coefficient (Wildman–Crippen LogP) is 12.3. The number of nitrogens with two attached hydrogens (primary N) is 2. The standard InChI is InChI=1S/C29H18N2O4.C28H16N2O4.2C3H8.CH4/c32-26-16-7-1-3-9-18(16)28(34)24-20(26)11-5-13-22(24)30-15-31-23-14-6-12-21-25(23)29(35)19-10-4-2-8-17(19)27(21)33;29-19-11-9-13(21-23(19)27(33)17-7-3-1-5-15(17)25(21)31)14-10-12-20(30)24-22(14)26(32)16-6-2-4-8-18(16)28(24)34;2*1-3-2;/h1-14,30-31H,15H2;1-12H,29-30H2;2*3H2,1-2H3;1H4. The smallest absolute Gasteiger partial charge is 0.196 e. The third-order valence-corrected chi connectivity index (χ3v) is 13.0. The van der Waals surface area contributed by atoms with Crippen LogP contribution in [0.5, 0.6) is 0 Å². The van der Waals surface area contributed by atoms with E-state index in [0.717, 1.165) is 0 Å². The summed E-state index contributed by atoms with van der Waals surface area (Å²) in [7, 11) is 0. The molecule has 0 aliphatic heterocycles. The topological polar surface area (TPSA) is 213 Å². The molecule has 0 radical (unpaired) electrons. The first-order valence-corrected chi connectivity index (χ1v) is 24.6. The molecule has 0 amide bonds. The van der Waals surface area contributed by atoms with Crippen molar-refractivity contribution in [3.8, 4) is 11.1 Å². The zero-order valence-corrected chi connectivity index (χ0v) is 41.6. The molecular weight excluding hydrogens is 953 g/mol. The summed E-state index contributed by atoms with van der Waals surface area (Å²) in [5, 5.41) is 6.35. The molecule has 8 aromatic carbocycles. The van der Waals surface area contributed by atoms with Crippen LogP contribution in [-0.4, -0.2) is 52.9 Å². The van der Waals surface area contributed by atoms with Gasteiger partial charge in [0.2, 0.25) is 0 Å². The van der Waals surface area contributed by atoms with Crippen LogP contribution >= 0.6 is 0 Å². The SMILES string of the molecule is C.CCC.CCC.Nc1ccc(-c2ccc(N)c3c2C(=O)c2ccccc2C3=O)c2c1C(=O)c1ccccc1C2=O.O=C1c2ccccc2C(=O)c2c(NCNc3cccc4c3C(=O)c3ccccc3C4=O)cccc21. The Hall–Kier alpha value is -9.68. The lowest BCUT2D eigenvalue weighted by Gasteiger charge is -2.25. The maximum Gasteiger partial charge on any atom is 0.196 e. The quantitative estimate of drug-likeness (QED) is 0.0936. The largest absolute Gasteiger partial charge is 0.398 e. The van der Waals surface area contributed by atoms with Gasteiger partial charge in [0.15, 0.2) is 46.3 Å². The zero-order valence-electron chi connectivity index (χ0n) is 41.6. The Balaban J connectivity index is 0.000000181. The minimum atomic E-state index is -0.368. The minimum absolute atomic E-state index is 0. The van der Waals surface area contributed by atoms with Crippen LogP contribution in [-0.2, 0) is 0 Å². The van der Waals surface area contributed by atoms with Gasteiger partial charge in [-0.2, -0.15) is 0 Å². The minimum Gasteiger partial charge on any atom is -0.398 e. The van der Waals surface area contributed by atoms with Gasteiger partial charge in [-0.3, -0.25) is 38.4 Å². The number of rotatable bonds is 5. The molecule has 0 atom stereocenters. The van der Waals surface area contributed by atoms with Crippen molar-refractivity contribution in [2.45, 2.75) is 48.0 Å². The molecule has 6 N–H and O–H groups in total. The first-order chi connectivity index (χ1) is 36.3. The van der Waals surface area contributed by atoms with Crippen LogP contribution in [0.2, 0.25) is 0 Å². The lowest BCUT2D eigenvalue weighted by Crippen LogP contribution is -2.25. The molecule has 0 saturated heterocycles. The van der Waals surface area contributed by atoms with Gasteiger partial charge < -0.3 is 22.1 Å². The molecule has 378 valence electrons. The average Bonchev–Trinajstić information content (AvgIpc) is 3.47. The number of nitrogen functional groups attached to an aromatic ring is 2. The Kier molecular flexibility index (Phi) is 15.1. The van der Waals surface area contributed by atoms with Gasteiger partial charge in [0.25, 0.3) is 0 Å². The van der Waals surface area contributed by atoms with Crippen molar-refractivity contribution in [2.24, 2.45) is 0 Å². The highest BCUT2D eigenvalue weighted by Crippen LogP contribution is 2.43. The van der Waals surface area contributed by atoms with Gasteiger partial charge in [0.1, 0.15) is 0 Å². The fourth-order valence-electron chi connectivity index (χ4n) is 9.76. The van der Waals surface area contributed by atoms with E-state index in [2.05, 4.69) is 38.3 Å². The monoisotopic (exact) mass is 1010 g/mol. The normalized spacial score (nSPS) is 12.8. The molecular formula is C64H54N4O8. The maximum atomic E-state index is 13.6. The van der Waals surface area contributed by atoms with Crippen LogP contribution in [0.3, 0.4) is 0 Å². The number of anilines is 4. The summed E-state index contributed by atoms with van der Waals surface area (Å²) in [6.45, 7) is 8.67. The van der Waals surface area contributed by atoms with Crippen LogP contribution in [0.15, 0.2) is 158 Å². The summed E-state index contributed by atoms with van der Waals surface area (Å²) in [4.78, 5) is 106. The first-order valence-electron chi connectivity index (χ1n) is 24.6. The van der Waals surface area contributed by atoms with Crippen LogP contribution < -0.4 is 22.1 Å². The highest BCUT2D eigenvalue weighted by atomic mass is 16.2. The zero-order chi connectivity index (χ0) is 53.2. The van der Waals surface area contributed by atoms with Crippen molar-refractivity contribution >= 4 is 69.0 Å². The van der Waals surface area contributed by atoms with Gasteiger partial charge in [-0.25, -0.2) is 0 Å². The number of hydrogen-bond acceptors (Lipinski definition) is 12. The molecule has 0 saturated carbocycles. The van der Waals surface area contributed by atoms with E-state index in [1.807, 2.05) is 0 Å². The molecule has 0 unspecified atom stereocenters. The molecule has 76 heavy (non-hydrogen) atoms. The van der Waals surface area contributed by atoms with Crippen molar-refractivity contribution in [3.63, 3.8) is 0 Å². The number of carbonyl (C=O) groups is 8. The molecule has 0 spiro atoms. The lowest BCUT2D eigenvalue weighted by molar-refractivity contribution is 0.0978. The fourth-order valence-corrected chi connectivity index (χ4v) is 9.76. The van der Waals surface area contributed by atoms with E-state index in [1.165, 1.54) is 12.8 Å². The van der Waals surface area contributed by atoms with Gasteiger partial charge >= 0.3 is 0 Å². The molecule has 12 heteroatoms. The second-order valence-electron chi connectivity index (χ2n) is 18.1. The summed E-state index contributed by atoms with van der Waals surface area (Å²) in [6.07, 6.45) is 2.50. The Labute approximate surface area is 440 Å².